The van der Waals surface area contributed by atoms with Gasteiger partial charge in [0.2, 0.25) is 10.0 Å². The van der Waals surface area contributed by atoms with Crippen molar-refractivity contribution >= 4 is 10.0 Å². The number of alkyl halides is 3. The Balaban J connectivity index is 1.89. The van der Waals surface area contributed by atoms with Crippen molar-refractivity contribution in [2.24, 2.45) is 0 Å². The van der Waals surface area contributed by atoms with Crippen LogP contribution in [0.3, 0.4) is 0 Å². The van der Waals surface area contributed by atoms with Crippen molar-refractivity contribution in [1.29, 1.82) is 0 Å². The molecule has 2 heterocycles. The summed E-state index contributed by atoms with van der Waals surface area (Å²) in [5.41, 5.74) is -1.60. The van der Waals surface area contributed by atoms with E-state index in [9.17, 15) is 31.1 Å². The largest absolute Gasteiger partial charge is 0.419 e. The zero-order chi connectivity index (χ0) is 17.7. The number of rotatable bonds is 2. The first-order valence-electron chi connectivity index (χ1n) is 7.38. The molecule has 0 saturated carbocycles. The van der Waals surface area contributed by atoms with Crippen LogP contribution in [0.25, 0.3) is 0 Å². The van der Waals surface area contributed by atoms with E-state index in [2.05, 4.69) is 0 Å². The molecule has 134 valence electrons. The third kappa shape index (κ3) is 3.15. The third-order valence-electron chi connectivity index (χ3n) is 4.44. The topological polar surface area (TPSA) is 60.9 Å². The summed E-state index contributed by atoms with van der Waals surface area (Å²) in [5.74, 6) is -1.51. The Morgan fingerprint density at radius 3 is 2.54 bits per heavy atom. The smallest absolute Gasteiger partial charge is 0.392 e. The summed E-state index contributed by atoms with van der Waals surface area (Å²) in [6.45, 7) is 1.07. The number of hydrogen-bond donors (Lipinski definition) is 1. The number of halogens is 4. The molecule has 0 aliphatic carbocycles. The second-order valence-electron chi connectivity index (χ2n) is 6.04. The van der Waals surface area contributed by atoms with Crippen molar-refractivity contribution in [2.75, 3.05) is 26.2 Å². The highest BCUT2D eigenvalue weighted by atomic mass is 32.2. The Morgan fingerprint density at radius 2 is 1.88 bits per heavy atom. The lowest BCUT2D eigenvalue weighted by molar-refractivity contribution is -0.140. The molecule has 0 bridgehead atoms. The molecule has 5 nitrogen and oxygen atoms in total. The molecular formula is C14H16F4N2O3S. The number of hydrogen-bond acceptors (Lipinski definition) is 4. The molecule has 2 atom stereocenters. The first-order chi connectivity index (χ1) is 11.1. The minimum atomic E-state index is -4.97. The summed E-state index contributed by atoms with van der Waals surface area (Å²) in [6.07, 6.45) is -5.08. The van der Waals surface area contributed by atoms with E-state index in [1.165, 1.54) is 0 Å². The van der Waals surface area contributed by atoms with E-state index >= 15 is 0 Å². The summed E-state index contributed by atoms with van der Waals surface area (Å²) >= 11 is 0. The van der Waals surface area contributed by atoms with Crippen molar-refractivity contribution in [3.63, 3.8) is 0 Å². The van der Waals surface area contributed by atoms with Gasteiger partial charge < -0.3 is 5.11 Å². The summed E-state index contributed by atoms with van der Waals surface area (Å²) in [6, 6.07) is 1.53. The number of benzene rings is 1. The van der Waals surface area contributed by atoms with Gasteiger partial charge in [-0.15, -0.1) is 0 Å². The highest BCUT2D eigenvalue weighted by Crippen LogP contribution is 2.34. The predicted octanol–water partition coefficient (Wildman–Crippen LogP) is 1.28. The van der Waals surface area contributed by atoms with Gasteiger partial charge in [0.05, 0.1) is 16.6 Å². The molecule has 0 unspecified atom stereocenters. The van der Waals surface area contributed by atoms with E-state index < -0.39 is 38.6 Å². The van der Waals surface area contributed by atoms with Crippen LogP contribution in [-0.2, 0) is 16.2 Å². The molecular weight excluding hydrogens is 352 g/mol. The van der Waals surface area contributed by atoms with Gasteiger partial charge in [-0.2, -0.15) is 17.5 Å². The van der Waals surface area contributed by atoms with E-state index in [0.717, 1.165) is 10.4 Å². The van der Waals surface area contributed by atoms with Crippen molar-refractivity contribution in [3.8, 4) is 0 Å². The van der Waals surface area contributed by atoms with E-state index in [4.69, 9.17) is 0 Å². The number of aliphatic hydroxyl groups is 1. The van der Waals surface area contributed by atoms with Gasteiger partial charge in [-0.3, -0.25) is 4.90 Å². The molecule has 2 fully saturated rings. The van der Waals surface area contributed by atoms with E-state index in [0.29, 0.717) is 31.6 Å². The van der Waals surface area contributed by atoms with Gasteiger partial charge in [-0.05, 0) is 24.6 Å². The fourth-order valence-electron chi connectivity index (χ4n) is 3.24. The Kier molecular flexibility index (Phi) is 4.35. The molecule has 0 radical (unpaired) electrons. The zero-order valence-corrected chi connectivity index (χ0v) is 13.3. The molecule has 2 aliphatic rings. The molecule has 1 aromatic rings. The highest BCUT2D eigenvalue weighted by Gasteiger charge is 2.40. The second kappa shape index (κ2) is 5.94. The average molecular weight is 368 g/mol. The van der Waals surface area contributed by atoms with Crippen LogP contribution in [0.15, 0.2) is 23.1 Å². The van der Waals surface area contributed by atoms with Gasteiger partial charge in [0.25, 0.3) is 0 Å². The highest BCUT2D eigenvalue weighted by molar-refractivity contribution is 7.89. The first kappa shape index (κ1) is 17.6. The maximum Gasteiger partial charge on any atom is 0.419 e. The number of fused-ring (bicyclic) bond motifs is 1. The van der Waals surface area contributed by atoms with Crippen molar-refractivity contribution < 1.29 is 31.1 Å². The fourth-order valence-corrected chi connectivity index (χ4v) is 4.73. The van der Waals surface area contributed by atoms with E-state index in [-0.39, 0.29) is 19.1 Å². The molecule has 0 aromatic heterocycles. The Morgan fingerprint density at radius 1 is 1.17 bits per heavy atom. The van der Waals surface area contributed by atoms with E-state index in [1.54, 1.807) is 0 Å². The van der Waals surface area contributed by atoms with Gasteiger partial charge >= 0.3 is 6.18 Å². The first-order valence-corrected chi connectivity index (χ1v) is 8.82. The Hall–Kier alpha value is -1.23. The number of sulfonamides is 1. The molecule has 2 aliphatic heterocycles. The van der Waals surface area contributed by atoms with Crippen LogP contribution in [0.5, 0.6) is 0 Å². The monoisotopic (exact) mass is 368 g/mol. The predicted molar refractivity (Wildman–Crippen MR) is 76.1 cm³/mol. The third-order valence-corrected chi connectivity index (χ3v) is 6.30. The minimum absolute atomic E-state index is 0.0954. The lowest BCUT2D eigenvalue weighted by atomic mass is 10.2. The van der Waals surface area contributed by atoms with Gasteiger partial charge in [0.15, 0.2) is 0 Å². The van der Waals surface area contributed by atoms with Crippen LogP contribution in [-0.4, -0.2) is 61.1 Å². The van der Waals surface area contributed by atoms with Crippen molar-refractivity contribution in [2.45, 2.75) is 29.6 Å². The maximum atomic E-state index is 13.4. The summed E-state index contributed by atoms with van der Waals surface area (Å²) in [5, 5.41) is 9.65. The summed E-state index contributed by atoms with van der Waals surface area (Å²) in [7, 11) is -4.16. The van der Waals surface area contributed by atoms with Crippen LogP contribution in [0, 0.1) is 5.82 Å². The van der Waals surface area contributed by atoms with Gasteiger partial charge in [-0.1, -0.05) is 0 Å². The Labute approximate surface area is 136 Å². The fraction of sp³-hybridized carbons (Fsp3) is 0.571. The molecule has 1 aromatic carbocycles. The average Bonchev–Trinajstić information content (AvgIpc) is 2.85. The van der Waals surface area contributed by atoms with Crippen LogP contribution in [0.1, 0.15) is 12.0 Å². The maximum absolute atomic E-state index is 13.4. The minimum Gasteiger partial charge on any atom is -0.392 e. The van der Waals surface area contributed by atoms with E-state index in [1.807, 2.05) is 4.90 Å². The normalized spacial score (nSPS) is 26.5. The lowest BCUT2D eigenvalue weighted by Gasteiger charge is -2.36. The number of piperazine rings is 1. The summed E-state index contributed by atoms with van der Waals surface area (Å²) < 4.78 is 78.0. The van der Waals surface area contributed by atoms with Crippen LogP contribution < -0.4 is 0 Å². The standard InChI is InChI=1S/C14H16F4N2O3S/c15-13-2-1-11(6-12(13)14(16,17)18)24(22,23)20-4-3-19-8-10(21)5-9(19)7-20/h1-2,6,9-10,21H,3-5,7-8H2/t9-,10+/m0/s1. The quantitative estimate of drug-likeness (QED) is 0.799. The SMILES string of the molecule is O=S(=O)(c1ccc(F)c(C(F)(F)F)c1)N1CCN2C[C@H](O)C[C@H]2C1. The number of nitrogens with zero attached hydrogens (tertiary/aromatic N) is 2. The molecule has 24 heavy (non-hydrogen) atoms. The molecule has 0 spiro atoms. The zero-order valence-electron chi connectivity index (χ0n) is 12.5. The van der Waals surface area contributed by atoms with Crippen molar-refractivity contribution in [3.05, 3.63) is 29.6 Å². The van der Waals surface area contributed by atoms with Crippen LogP contribution in [0.2, 0.25) is 0 Å². The van der Waals surface area contributed by atoms with Gasteiger partial charge in [-0.25, -0.2) is 12.8 Å². The van der Waals surface area contributed by atoms with Gasteiger partial charge in [0, 0.05) is 32.2 Å². The lowest BCUT2D eigenvalue weighted by Crippen LogP contribution is -2.51. The summed E-state index contributed by atoms with van der Waals surface area (Å²) in [4.78, 5) is 1.38. The molecule has 2 saturated heterocycles. The number of aliphatic hydroxyl groups excluding tert-OH is 1. The molecule has 0 amide bonds. The Bertz CT molecular complexity index is 738. The van der Waals surface area contributed by atoms with Crippen molar-refractivity contribution in [1.82, 2.24) is 9.21 Å². The van der Waals surface area contributed by atoms with Gasteiger partial charge in [0.1, 0.15) is 5.82 Å². The van der Waals surface area contributed by atoms with Crippen LogP contribution >= 0.6 is 0 Å². The second-order valence-corrected chi connectivity index (χ2v) is 7.98. The molecule has 10 heteroatoms. The van der Waals surface area contributed by atoms with Crippen LogP contribution in [0.4, 0.5) is 17.6 Å². The molecule has 3 rings (SSSR count). The molecule has 1 N–H and O–H groups in total.